The maximum atomic E-state index is 5.61. The molecule has 1 saturated heterocycles. The van der Waals surface area contributed by atoms with E-state index < -0.39 is 0 Å². The van der Waals surface area contributed by atoms with Crippen molar-refractivity contribution in [1.29, 1.82) is 0 Å². The zero-order valence-electron chi connectivity index (χ0n) is 12.6. The van der Waals surface area contributed by atoms with Crippen LogP contribution in [0.4, 0.5) is 0 Å². The maximum absolute atomic E-state index is 5.61. The number of nitrogens with one attached hydrogen (secondary N) is 1. The van der Waals surface area contributed by atoms with E-state index in [1.54, 1.807) is 17.6 Å². The van der Waals surface area contributed by atoms with E-state index in [2.05, 4.69) is 42.6 Å². The van der Waals surface area contributed by atoms with Crippen molar-refractivity contribution in [3.05, 3.63) is 75.0 Å². The Morgan fingerprint density at radius 3 is 2.92 bits per heavy atom. The third kappa shape index (κ3) is 2.99. The minimum absolute atomic E-state index is 0.0132. The van der Waals surface area contributed by atoms with Crippen molar-refractivity contribution in [3.8, 4) is 0 Å². The SMILES string of the molecule is S=C1N[C@H](c2ccccn2)[C@H](c2cc(Br)cs2)N1Cc1ccco1. The second kappa shape index (κ2) is 6.66. The van der Waals surface area contributed by atoms with Gasteiger partial charge in [0.05, 0.1) is 30.6 Å². The molecule has 0 unspecified atom stereocenters. The fraction of sp³-hybridized carbons (Fsp3) is 0.176. The van der Waals surface area contributed by atoms with Gasteiger partial charge in [0, 0.05) is 20.9 Å². The van der Waals surface area contributed by atoms with Crippen molar-refractivity contribution >= 4 is 44.6 Å². The molecule has 4 rings (SSSR count). The molecule has 24 heavy (non-hydrogen) atoms. The van der Waals surface area contributed by atoms with Gasteiger partial charge in [0.2, 0.25) is 0 Å². The van der Waals surface area contributed by atoms with Crippen molar-refractivity contribution in [3.63, 3.8) is 0 Å². The van der Waals surface area contributed by atoms with E-state index in [1.807, 2.05) is 36.5 Å². The Labute approximate surface area is 157 Å². The van der Waals surface area contributed by atoms with Gasteiger partial charge in [-0.25, -0.2) is 0 Å². The van der Waals surface area contributed by atoms with Gasteiger partial charge in [0.1, 0.15) is 5.76 Å². The first-order valence-corrected chi connectivity index (χ1v) is 9.55. The molecule has 0 bridgehead atoms. The van der Waals surface area contributed by atoms with Crippen molar-refractivity contribution < 1.29 is 4.42 Å². The number of rotatable bonds is 4. The summed E-state index contributed by atoms with van der Waals surface area (Å²) in [5.74, 6) is 0.890. The quantitative estimate of drug-likeness (QED) is 0.622. The van der Waals surface area contributed by atoms with Gasteiger partial charge in [-0.1, -0.05) is 6.07 Å². The maximum Gasteiger partial charge on any atom is 0.170 e. The number of nitrogens with zero attached hydrogens (tertiary/aromatic N) is 2. The van der Waals surface area contributed by atoms with Gasteiger partial charge in [0.15, 0.2) is 5.11 Å². The normalized spacial score (nSPS) is 20.4. The Morgan fingerprint density at radius 1 is 1.33 bits per heavy atom. The summed E-state index contributed by atoms with van der Waals surface area (Å²) in [6.07, 6.45) is 3.51. The van der Waals surface area contributed by atoms with Crippen molar-refractivity contribution in [2.45, 2.75) is 18.6 Å². The average Bonchev–Trinajstić information content (AvgIpc) is 3.31. The Kier molecular flexibility index (Phi) is 4.39. The highest BCUT2D eigenvalue weighted by Gasteiger charge is 2.40. The highest BCUT2D eigenvalue weighted by atomic mass is 79.9. The van der Waals surface area contributed by atoms with E-state index in [9.17, 15) is 0 Å². The molecule has 0 saturated carbocycles. The fourth-order valence-corrected chi connectivity index (χ4v) is 4.84. The summed E-state index contributed by atoms with van der Waals surface area (Å²) in [4.78, 5) is 7.94. The topological polar surface area (TPSA) is 41.3 Å². The summed E-state index contributed by atoms with van der Waals surface area (Å²) in [5, 5.41) is 6.25. The molecule has 0 radical (unpaired) electrons. The summed E-state index contributed by atoms with van der Waals surface area (Å²) in [6.45, 7) is 0.627. The van der Waals surface area contributed by atoms with E-state index in [-0.39, 0.29) is 12.1 Å². The molecule has 1 fully saturated rings. The molecule has 3 aromatic heterocycles. The van der Waals surface area contributed by atoms with Gasteiger partial charge in [-0.3, -0.25) is 4.98 Å². The predicted octanol–water partition coefficient (Wildman–Crippen LogP) is 4.67. The van der Waals surface area contributed by atoms with Crippen LogP contribution in [-0.4, -0.2) is 15.0 Å². The zero-order chi connectivity index (χ0) is 16.5. The first-order valence-electron chi connectivity index (χ1n) is 7.47. The lowest BCUT2D eigenvalue weighted by Gasteiger charge is -2.26. The largest absolute Gasteiger partial charge is 0.467 e. The molecule has 0 aliphatic carbocycles. The number of aromatic nitrogens is 1. The third-order valence-corrected chi connectivity index (χ3v) is 6.10. The lowest BCUT2D eigenvalue weighted by Crippen LogP contribution is -2.28. The van der Waals surface area contributed by atoms with E-state index in [0.29, 0.717) is 6.54 Å². The van der Waals surface area contributed by atoms with Gasteiger partial charge in [-0.15, -0.1) is 11.3 Å². The smallest absolute Gasteiger partial charge is 0.170 e. The van der Waals surface area contributed by atoms with Crippen LogP contribution in [0.2, 0.25) is 0 Å². The van der Waals surface area contributed by atoms with Crippen LogP contribution in [0, 0.1) is 0 Å². The van der Waals surface area contributed by atoms with Crippen molar-refractivity contribution in [2.24, 2.45) is 0 Å². The van der Waals surface area contributed by atoms with Gasteiger partial charge >= 0.3 is 0 Å². The molecular weight excluding hydrogens is 406 g/mol. The van der Waals surface area contributed by atoms with E-state index >= 15 is 0 Å². The summed E-state index contributed by atoms with van der Waals surface area (Å²) in [6, 6.07) is 12.1. The molecule has 3 aromatic rings. The molecule has 0 amide bonds. The van der Waals surface area contributed by atoms with Crippen LogP contribution in [-0.2, 0) is 6.54 Å². The summed E-state index contributed by atoms with van der Waals surface area (Å²) < 4.78 is 6.61. The Bertz CT molecular complexity index is 835. The van der Waals surface area contributed by atoms with Crippen molar-refractivity contribution in [2.75, 3.05) is 0 Å². The summed E-state index contributed by atoms with van der Waals surface area (Å²) in [5.41, 5.74) is 0.983. The first kappa shape index (κ1) is 15.8. The molecule has 1 aliphatic heterocycles. The second-order valence-corrected chi connectivity index (χ2v) is 7.75. The number of hydrogen-bond donors (Lipinski definition) is 1. The fourth-order valence-electron chi connectivity index (χ4n) is 2.94. The third-order valence-electron chi connectivity index (χ3n) is 3.98. The number of pyridine rings is 1. The Morgan fingerprint density at radius 2 is 2.25 bits per heavy atom. The summed E-state index contributed by atoms with van der Waals surface area (Å²) >= 11 is 10.9. The van der Waals surface area contributed by atoms with Gasteiger partial charge in [-0.05, 0) is 58.5 Å². The lowest BCUT2D eigenvalue weighted by molar-refractivity contribution is 0.291. The molecule has 7 heteroatoms. The Balaban J connectivity index is 1.73. The number of thiophene rings is 1. The van der Waals surface area contributed by atoms with Crippen LogP contribution in [0.5, 0.6) is 0 Å². The van der Waals surface area contributed by atoms with Gasteiger partial charge in [0.25, 0.3) is 0 Å². The number of halogens is 1. The standard InChI is InChI=1S/C17H14BrN3OS2/c18-11-8-14(24-10-11)16-15(13-5-1-2-6-19-13)20-17(23)21(16)9-12-4-3-7-22-12/h1-8,10,15-16H,9H2,(H,20,23)/t15-,16+/m1/s1. The van der Waals surface area contributed by atoms with Crippen molar-refractivity contribution in [1.82, 2.24) is 15.2 Å². The van der Waals surface area contributed by atoms with Crippen LogP contribution in [0.15, 0.2) is 63.1 Å². The van der Waals surface area contributed by atoms with Gasteiger partial charge in [-0.2, -0.15) is 0 Å². The number of furan rings is 1. The predicted molar refractivity (Wildman–Crippen MR) is 102 cm³/mol. The molecular formula is C17H14BrN3OS2. The minimum Gasteiger partial charge on any atom is -0.467 e. The number of hydrogen-bond acceptors (Lipinski definition) is 4. The highest BCUT2D eigenvalue weighted by Crippen LogP contribution is 2.42. The monoisotopic (exact) mass is 419 g/mol. The highest BCUT2D eigenvalue weighted by molar-refractivity contribution is 9.10. The first-order chi connectivity index (χ1) is 11.7. The van der Waals surface area contributed by atoms with Crippen LogP contribution in [0.25, 0.3) is 0 Å². The molecule has 4 heterocycles. The summed E-state index contributed by atoms with van der Waals surface area (Å²) in [7, 11) is 0. The average molecular weight is 420 g/mol. The minimum atomic E-state index is 0.0132. The Hall–Kier alpha value is -1.70. The van der Waals surface area contributed by atoms with Crippen LogP contribution in [0.3, 0.4) is 0 Å². The van der Waals surface area contributed by atoms with E-state index in [4.69, 9.17) is 16.6 Å². The molecule has 2 atom stereocenters. The van der Waals surface area contributed by atoms with Crippen LogP contribution < -0.4 is 5.32 Å². The van der Waals surface area contributed by atoms with Gasteiger partial charge < -0.3 is 14.6 Å². The molecule has 0 spiro atoms. The molecule has 4 nitrogen and oxygen atoms in total. The molecule has 1 N–H and O–H groups in total. The lowest BCUT2D eigenvalue weighted by atomic mass is 10.0. The van der Waals surface area contributed by atoms with Crippen LogP contribution >= 0.6 is 39.5 Å². The molecule has 1 aliphatic rings. The van der Waals surface area contributed by atoms with Crippen LogP contribution in [0.1, 0.15) is 28.4 Å². The van der Waals surface area contributed by atoms with E-state index in [0.717, 1.165) is 21.0 Å². The number of thiocarbonyl (C=S) groups is 1. The molecule has 122 valence electrons. The second-order valence-electron chi connectivity index (χ2n) is 5.50. The zero-order valence-corrected chi connectivity index (χ0v) is 15.8. The van der Waals surface area contributed by atoms with E-state index in [1.165, 1.54) is 4.88 Å². The molecule has 0 aromatic carbocycles.